The quantitative estimate of drug-likeness (QED) is 0.711. The summed E-state index contributed by atoms with van der Waals surface area (Å²) in [6, 6.07) is 0. The largest absolute Gasteiger partial charge is 0.382 e. The molecule has 2 atom stereocenters. The molecule has 2 rings (SSSR count). The first-order valence-electron chi connectivity index (χ1n) is 9.56. The van der Waals surface area contributed by atoms with E-state index in [1.807, 2.05) is 0 Å². The van der Waals surface area contributed by atoms with Crippen molar-refractivity contribution >= 4 is 17.6 Å². The van der Waals surface area contributed by atoms with Crippen LogP contribution in [0.5, 0.6) is 0 Å². The van der Waals surface area contributed by atoms with Crippen LogP contribution in [0.3, 0.4) is 0 Å². The highest BCUT2D eigenvalue weighted by Gasteiger charge is 2.40. The van der Waals surface area contributed by atoms with Gasteiger partial charge in [-0.25, -0.2) is 0 Å². The summed E-state index contributed by atoms with van der Waals surface area (Å²) in [6.07, 6.45) is 6.49. The molecule has 0 aromatic rings. The second kappa shape index (κ2) is 8.90. The highest BCUT2D eigenvalue weighted by atomic mass is 16.5. The SMILES string of the molecule is CCC1CCCC(CC)CC(O)(C(=O)COCN2C(=O)CCC2=O)C1. The van der Waals surface area contributed by atoms with Crippen molar-refractivity contribution < 1.29 is 24.2 Å². The molecule has 2 amide bonds. The standard InChI is InChI=1S/C19H31NO5/c1-3-14-6-5-7-15(4-2)11-19(24,10-14)16(21)12-25-13-20-17(22)8-9-18(20)23/h14-15,24H,3-13H2,1-2H3. The molecule has 0 aromatic carbocycles. The Balaban J connectivity index is 1.95. The predicted octanol–water partition coefficient (Wildman–Crippen LogP) is 2.43. The van der Waals surface area contributed by atoms with Crippen LogP contribution in [-0.2, 0) is 19.1 Å². The minimum Gasteiger partial charge on any atom is -0.382 e. The van der Waals surface area contributed by atoms with E-state index in [-0.39, 0.29) is 43.8 Å². The van der Waals surface area contributed by atoms with E-state index in [2.05, 4.69) is 13.8 Å². The maximum absolute atomic E-state index is 12.7. The van der Waals surface area contributed by atoms with Crippen molar-refractivity contribution in [2.75, 3.05) is 13.3 Å². The monoisotopic (exact) mass is 353 g/mol. The molecule has 2 unspecified atom stereocenters. The van der Waals surface area contributed by atoms with E-state index in [0.29, 0.717) is 24.7 Å². The Kier molecular flexibility index (Phi) is 7.14. The van der Waals surface area contributed by atoms with Crippen molar-refractivity contribution in [1.82, 2.24) is 4.90 Å². The molecule has 1 saturated heterocycles. The molecule has 25 heavy (non-hydrogen) atoms. The van der Waals surface area contributed by atoms with Crippen LogP contribution in [0.25, 0.3) is 0 Å². The van der Waals surface area contributed by atoms with Crippen LogP contribution in [-0.4, -0.2) is 46.5 Å². The number of hydrogen-bond donors (Lipinski definition) is 1. The molecule has 0 bridgehead atoms. The molecule has 2 fully saturated rings. The molecule has 1 aliphatic heterocycles. The van der Waals surface area contributed by atoms with E-state index < -0.39 is 5.60 Å². The average molecular weight is 353 g/mol. The van der Waals surface area contributed by atoms with Gasteiger partial charge in [-0.1, -0.05) is 46.0 Å². The first kappa shape index (κ1) is 20.0. The molecule has 0 spiro atoms. The van der Waals surface area contributed by atoms with Crippen molar-refractivity contribution in [3.8, 4) is 0 Å². The molecular weight excluding hydrogens is 322 g/mol. The van der Waals surface area contributed by atoms with Crippen molar-refractivity contribution in [2.24, 2.45) is 11.8 Å². The Labute approximate surface area is 149 Å². The van der Waals surface area contributed by atoms with Crippen LogP contribution in [0, 0.1) is 11.8 Å². The average Bonchev–Trinajstić information content (AvgIpc) is 2.89. The molecule has 1 aliphatic carbocycles. The van der Waals surface area contributed by atoms with Gasteiger partial charge in [0, 0.05) is 12.8 Å². The van der Waals surface area contributed by atoms with Gasteiger partial charge in [-0.05, 0) is 24.7 Å². The molecule has 2 aliphatic rings. The van der Waals surface area contributed by atoms with E-state index in [0.717, 1.165) is 37.0 Å². The molecule has 6 nitrogen and oxygen atoms in total. The van der Waals surface area contributed by atoms with Crippen LogP contribution >= 0.6 is 0 Å². The number of carbonyl (C=O) groups is 3. The number of Topliss-reactive ketones (excluding diaryl/α,β-unsaturated/α-hetero) is 1. The third-order valence-electron chi connectivity index (χ3n) is 5.76. The Bertz CT molecular complexity index is 474. The van der Waals surface area contributed by atoms with E-state index >= 15 is 0 Å². The van der Waals surface area contributed by atoms with Crippen LogP contribution in [0.1, 0.15) is 71.6 Å². The molecule has 0 aromatic heterocycles. The number of imide groups is 1. The highest BCUT2D eigenvalue weighted by Crippen LogP contribution is 2.36. The van der Waals surface area contributed by atoms with Crippen LogP contribution in [0.15, 0.2) is 0 Å². The predicted molar refractivity (Wildman–Crippen MR) is 92.5 cm³/mol. The number of nitrogens with zero attached hydrogens (tertiary/aromatic N) is 1. The summed E-state index contributed by atoms with van der Waals surface area (Å²) in [5, 5.41) is 11.1. The van der Waals surface area contributed by atoms with Gasteiger partial charge in [0.05, 0.1) is 0 Å². The topological polar surface area (TPSA) is 83.9 Å². The van der Waals surface area contributed by atoms with Gasteiger partial charge in [-0.15, -0.1) is 0 Å². The van der Waals surface area contributed by atoms with Crippen molar-refractivity contribution in [3.63, 3.8) is 0 Å². The van der Waals surface area contributed by atoms with Gasteiger partial charge in [0.25, 0.3) is 0 Å². The fourth-order valence-electron chi connectivity index (χ4n) is 3.99. The third-order valence-corrected chi connectivity index (χ3v) is 5.76. The van der Waals surface area contributed by atoms with E-state index in [4.69, 9.17) is 4.74 Å². The van der Waals surface area contributed by atoms with Gasteiger partial charge >= 0.3 is 0 Å². The zero-order valence-corrected chi connectivity index (χ0v) is 15.5. The number of aliphatic hydroxyl groups is 1. The number of hydrogen-bond acceptors (Lipinski definition) is 5. The Morgan fingerprint density at radius 1 is 1.12 bits per heavy atom. The summed E-state index contributed by atoms with van der Waals surface area (Å²) in [5.41, 5.74) is -1.36. The summed E-state index contributed by atoms with van der Waals surface area (Å²) < 4.78 is 5.32. The van der Waals surface area contributed by atoms with E-state index in [1.165, 1.54) is 0 Å². The number of rotatable bonds is 7. The van der Waals surface area contributed by atoms with Crippen molar-refractivity contribution in [1.29, 1.82) is 0 Å². The Morgan fingerprint density at radius 2 is 1.64 bits per heavy atom. The summed E-state index contributed by atoms with van der Waals surface area (Å²) in [4.78, 5) is 36.8. The molecule has 1 saturated carbocycles. The minimum absolute atomic E-state index is 0.200. The van der Waals surface area contributed by atoms with Gasteiger partial charge in [-0.3, -0.25) is 19.3 Å². The van der Waals surface area contributed by atoms with Crippen molar-refractivity contribution in [2.45, 2.75) is 77.2 Å². The Morgan fingerprint density at radius 3 is 2.12 bits per heavy atom. The normalized spacial score (nSPS) is 31.1. The number of amides is 2. The van der Waals surface area contributed by atoms with Gasteiger partial charge in [-0.2, -0.15) is 0 Å². The second-order valence-corrected chi connectivity index (χ2v) is 7.54. The number of ketones is 1. The lowest BCUT2D eigenvalue weighted by Gasteiger charge is -2.36. The molecule has 1 heterocycles. The first-order chi connectivity index (χ1) is 11.9. The second-order valence-electron chi connectivity index (χ2n) is 7.54. The highest BCUT2D eigenvalue weighted by molar-refractivity contribution is 6.01. The maximum atomic E-state index is 12.7. The molecular formula is C19H31NO5. The van der Waals surface area contributed by atoms with Crippen LogP contribution in [0.4, 0.5) is 0 Å². The zero-order valence-electron chi connectivity index (χ0n) is 15.5. The van der Waals surface area contributed by atoms with Crippen LogP contribution < -0.4 is 0 Å². The van der Waals surface area contributed by atoms with Gasteiger partial charge < -0.3 is 9.84 Å². The molecule has 6 heteroatoms. The minimum atomic E-state index is -1.36. The summed E-state index contributed by atoms with van der Waals surface area (Å²) in [6.45, 7) is 3.72. The first-order valence-corrected chi connectivity index (χ1v) is 9.56. The smallest absolute Gasteiger partial charge is 0.231 e. The zero-order chi connectivity index (χ0) is 18.4. The number of ether oxygens (including phenoxy) is 1. The summed E-state index contributed by atoms with van der Waals surface area (Å²) in [7, 11) is 0. The van der Waals surface area contributed by atoms with E-state index in [9.17, 15) is 19.5 Å². The summed E-state index contributed by atoms with van der Waals surface area (Å²) >= 11 is 0. The van der Waals surface area contributed by atoms with E-state index in [1.54, 1.807) is 0 Å². The number of likely N-dealkylation sites (tertiary alicyclic amines) is 1. The Hall–Kier alpha value is -1.27. The molecule has 142 valence electrons. The lowest BCUT2D eigenvalue weighted by molar-refractivity contribution is -0.154. The third kappa shape index (κ3) is 5.11. The number of carbonyl (C=O) groups excluding carboxylic acids is 3. The van der Waals surface area contributed by atoms with Crippen LogP contribution in [0.2, 0.25) is 0 Å². The lowest BCUT2D eigenvalue weighted by Crippen LogP contribution is -2.46. The molecule has 1 N–H and O–H groups in total. The van der Waals surface area contributed by atoms with Crippen molar-refractivity contribution in [3.05, 3.63) is 0 Å². The molecule has 0 radical (unpaired) electrons. The lowest BCUT2D eigenvalue weighted by atomic mass is 9.73. The van der Waals surface area contributed by atoms with Gasteiger partial charge in [0.15, 0.2) is 5.78 Å². The van der Waals surface area contributed by atoms with Gasteiger partial charge in [0.2, 0.25) is 11.8 Å². The summed E-state index contributed by atoms with van der Waals surface area (Å²) in [5.74, 6) is -0.175. The fraction of sp³-hybridized carbons (Fsp3) is 0.842. The maximum Gasteiger partial charge on any atom is 0.231 e. The van der Waals surface area contributed by atoms with Gasteiger partial charge in [0.1, 0.15) is 18.9 Å². The fourth-order valence-corrected chi connectivity index (χ4v) is 3.99.